The molecule has 1 aliphatic carbocycles. The van der Waals surface area contributed by atoms with E-state index in [4.69, 9.17) is 5.73 Å². The van der Waals surface area contributed by atoms with Crippen molar-refractivity contribution in [3.05, 3.63) is 0 Å². The second-order valence-electron chi connectivity index (χ2n) is 5.29. The van der Waals surface area contributed by atoms with Crippen LogP contribution in [0.2, 0.25) is 0 Å². The minimum Gasteiger partial charge on any atom is -0.392 e. The van der Waals surface area contributed by atoms with E-state index in [1.54, 1.807) is 0 Å². The second kappa shape index (κ2) is 8.04. The summed E-state index contributed by atoms with van der Waals surface area (Å²) < 4.78 is 0. The summed E-state index contributed by atoms with van der Waals surface area (Å²) in [4.78, 5) is 2.24. The number of aliphatic hydroxyl groups excluding tert-OH is 1. The molecule has 3 N–H and O–H groups in total. The first kappa shape index (κ1) is 13.9. The van der Waals surface area contributed by atoms with Gasteiger partial charge in [-0.2, -0.15) is 0 Å². The van der Waals surface area contributed by atoms with E-state index in [9.17, 15) is 5.11 Å². The van der Waals surface area contributed by atoms with Crippen LogP contribution < -0.4 is 5.73 Å². The smallest absolute Gasteiger partial charge is 0.0679 e. The lowest BCUT2D eigenvalue weighted by Gasteiger charge is -2.25. The molecule has 0 bridgehead atoms. The highest BCUT2D eigenvalue weighted by molar-refractivity contribution is 4.68. The molecule has 0 spiro atoms. The average molecular weight is 228 g/mol. The normalized spacial score (nSPS) is 20.2. The number of aliphatic hydroxyl groups is 1. The molecule has 0 heterocycles. The van der Waals surface area contributed by atoms with E-state index in [1.807, 2.05) is 0 Å². The Kier molecular flexibility index (Phi) is 7.01. The molecule has 1 atom stereocenters. The lowest BCUT2D eigenvalue weighted by molar-refractivity contribution is 0.115. The van der Waals surface area contributed by atoms with Gasteiger partial charge in [0.15, 0.2) is 0 Å². The second-order valence-corrected chi connectivity index (χ2v) is 5.29. The van der Waals surface area contributed by atoms with Gasteiger partial charge in [0, 0.05) is 6.54 Å². The van der Waals surface area contributed by atoms with Crippen molar-refractivity contribution in [2.24, 2.45) is 11.7 Å². The number of hydrogen-bond donors (Lipinski definition) is 2. The summed E-state index contributed by atoms with van der Waals surface area (Å²) in [6, 6.07) is 0. The zero-order valence-corrected chi connectivity index (χ0v) is 10.7. The minimum atomic E-state index is -0.249. The molecule has 96 valence electrons. The maximum atomic E-state index is 9.63. The van der Waals surface area contributed by atoms with E-state index in [0.717, 1.165) is 19.0 Å². The van der Waals surface area contributed by atoms with Gasteiger partial charge in [0.1, 0.15) is 0 Å². The van der Waals surface area contributed by atoms with Crippen LogP contribution in [0.5, 0.6) is 0 Å². The Balaban J connectivity index is 2.06. The predicted octanol–water partition coefficient (Wildman–Crippen LogP) is 1.60. The van der Waals surface area contributed by atoms with Crippen LogP contribution in [0.3, 0.4) is 0 Å². The molecule has 1 rings (SSSR count). The zero-order valence-electron chi connectivity index (χ0n) is 10.7. The number of hydrogen-bond acceptors (Lipinski definition) is 3. The van der Waals surface area contributed by atoms with Crippen molar-refractivity contribution in [1.82, 2.24) is 4.90 Å². The zero-order chi connectivity index (χ0) is 11.8. The predicted molar refractivity (Wildman–Crippen MR) is 68.4 cm³/mol. The van der Waals surface area contributed by atoms with Gasteiger partial charge < -0.3 is 15.7 Å². The van der Waals surface area contributed by atoms with Crippen LogP contribution in [-0.2, 0) is 0 Å². The fourth-order valence-electron chi connectivity index (χ4n) is 2.61. The van der Waals surface area contributed by atoms with Gasteiger partial charge in [0.25, 0.3) is 0 Å². The van der Waals surface area contributed by atoms with Gasteiger partial charge in [-0.15, -0.1) is 0 Å². The maximum Gasteiger partial charge on any atom is 0.0679 e. The summed E-state index contributed by atoms with van der Waals surface area (Å²) in [5, 5.41) is 9.63. The van der Waals surface area contributed by atoms with Crippen molar-refractivity contribution in [2.45, 2.75) is 51.0 Å². The lowest BCUT2D eigenvalue weighted by atomic mass is 9.87. The molecule has 1 aliphatic rings. The van der Waals surface area contributed by atoms with Crippen LogP contribution in [0.25, 0.3) is 0 Å². The summed E-state index contributed by atoms with van der Waals surface area (Å²) in [6.45, 7) is 2.47. The molecule has 0 aromatic heterocycles. The van der Waals surface area contributed by atoms with E-state index >= 15 is 0 Å². The molecular weight excluding hydrogens is 200 g/mol. The van der Waals surface area contributed by atoms with Crippen LogP contribution in [0, 0.1) is 5.92 Å². The van der Waals surface area contributed by atoms with Crippen LogP contribution in [0.15, 0.2) is 0 Å². The van der Waals surface area contributed by atoms with Gasteiger partial charge in [0.2, 0.25) is 0 Å². The molecular formula is C13H28N2O. The average Bonchev–Trinajstić information content (AvgIpc) is 2.28. The first-order chi connectivity index (χ1) is 7.72. The van der Waals surface area contributed by atoms with Gasteiger partial charge in [-0.25, -0.2) is 0 Å². The number of likely N-dealkylation sites (N-methyl/N-ethyl adjacent to an activating group) is 1. The van der Waals surface area contributed by atoms with E-state index in [0.29, 0.717) is 13.0 Å². The monoisotopic (exact) mass is 228 g/mol. The highest BCUT2D eigenvalue weighted by atomic mass is 16.3. The van der Waals surface area contributed by atoms with Gasteiger partial charge >= 0.3 is 0 Å². The molecule has 1 unspecified atom stereocenters. The summed E-state index contributed by atoms with van der Waals surface area (Å²) in [6.07, 6.45) is 8.87. The standard InChI is InChI=1S/C13H28N2O/c1-15(11-13(16)7-9-14)10-8-12-5-3-2-4-6-12/h12-13,16H,2-11,14H2,1H3. The van der Waals surface area contributed by atoms with E-state index in [1.165, 1.54) is 38.5 Å². The Hall–Kier alpha value is -0.120. The van der Waals surface area contributed by atoms with Gasteiger partial charge in [-0.1, -0.05) is 32.1 Å². The molecule has 3 nitrogen and oxygen atoms in total. The molecule has 0 aliphatic heterocycles. The Bertz CT molecular complexity index is 169. The summed E-state index contributed by atoms with van der Waals surface area (Å²) >= 11 is 0. The third kappa shape index (κ3) is 5.83. The minimum absolute atomic E-state index is 0.249. The van der Waals surface area contributed by atoms with Crippen molar-refractivity contribution in [3.8, 4) is 0 Å². The Morgan fingerprint density at radius 1 is 1.31 bits per heavy atom. The largest absolute Gasteiger partial charge is 0.392 e. The van der Waals surface area contributed by atoms with E-state index < -0.39 is 0 Å². The van der Waals surface area contributed by atoms with Crippen molar-refractivity contribution < 1.29 is 5.11 Å². The first-order valence-electron chi connectivity index (χ1n) is 6.79. The van der Waals surface area contributed by atoms with Crippen molar-refractivity contribution >= 4 is 0 Å². The van der Waals surface area contributed by atoms with Crippen LogP contribution in [0.4, 0.5) is 0 Å². The lowest BCUT2D eigenvalue weighted by Crippen LogP contribution is -2.32. The van der Waals surface area contributed by atoms with Crippen LogP contribution >= 0.6 is 0 Å². The SMILES string of the molecule is CN(CCC1CCCCC1)CC(O)CCN. The molecule has 1 fully saturated rings. The third-order valence-electron chi connectivity index (χ3n) is 3.67. The topological polar surface area (TPSA) is 49.5 Å². The Labute approximate surface area is 100 Å². The van der Waals surface area contributed by atoms with E-state index in [2.05, 4.69) is 11.9 Å². The number of nitrogens with two attached hydrogens (primary N) is 1. The van der Waals surface area contributed by atoms with Crippen molar-refractivity contribution in [2.75, 3.05) is 26.7 Å². The van der Waals surface area contributed by atoms with Gasteiger partial charge in [-0.3, -0.25) is 0 Å². The molecule has 1 saturated carbocycles. The molecule has 0 amide bonds. The highest BCUT2D eigenvalue weighted by Crippen LogP contribution is 2.26. The Morgan fingerprint density at radius 3 is 2.62 bits per heavy atom. The first-order valence-corrected chi connectivity index (χ1v) is 6.79. The fraction of sp³-hybridized carbons (Fsp3) is 1.00. The fourth-order valence-corrected chi connectivity index (χ4v) is 2.61. The number of nitrogens with zero attached hydrogens (tertiary/aromatic N) is 1. The van der Waals surface area contributed by atoms with E-state index in [-0.39, 0.29) is 6.10 Å². The Morgan fingerprint density at radius 2 is 2.00 bits per heavy atom. The van der Waals surface area contributed by atoms with Crippen LogP contribution in [0.1, 0.15) is 44.9 Å². The maximum absolute atomic E-state index is 9.63. The highest BCUT2D eigenvalue weighted by Gasteiger charge is 2.14. The summed E-state index contributed by atoms with van der Waals surface area (Å²) in [7, 11) is 2.10. The quantitative estimate of drug-likeness (QED) is 0.696. The van der Waals surface area contributed by atoms with Crippen molar-refractivity contribution in [3.63, 3.8) is 0 Å². The molecule has 0 radical (unpaired) electrons. The van der Waals surface area contributed by atoms with Gasteiger partial charge in [0.05, 0.1) is 6.10 Å². The molecule has 0 aromatic rings. The summed E-state index contributed by atoms with van der Waals surface area (Å²) in [5.74, 6) is 0.933. The molecule has 0 saturated heterocycles. The van der Waals surface area contributed by atoms with Gasteiger partial charge in [-0.05, 0) is 38.9 Å². The summed E-state index contributed by atoms with van der Waals surface area (Å²) in [5.41, 5.74) is 5.42. The van der Waals surface area contributed by atoms with Crippen molar-refractivity contribution in [1.29, 1.82) is 0 Å². The van der Waals surface area contributed by atoms with Crippen LogP contribution in [-0.4, -0.2) is 42.8 Å². The third-order valence-corrected chi connectivity index (χ3v) is 3.67. The molecule has 16 heavy (non-hydrogen) atoms. The number of rotatable bonds is 7. The molecule has 0 aromatic carbocycles. The molecule has 3 heteroatoms.